The molecule has 4 rings (SSSR count). The van der Waals surface area contributed by atoms with Gasteiger partial charge in [0.1, 0.15) is 18.4 Å². The van der Waals surface area contributed by atoms with Crippen LogP contribution in [0, 0.1) is 6.92 Å². The Morgan fingerprint density at radius 3 is 2.61 bits per heavy atom. The molecular formula is C21H20ClN3O3. The summed E-state index contributed by atoms with van der Waals surface area (Å²) >= 11 is 6.52. The summed E-state index contributed by atoms with van der Waals surface area (Å²) in [6.07, 6.45) is 0. The van der Waals surface area contributed by atoms with Crippen LogP contribution in [0.2, 0.25) is 5.15 Å². The Hall–Kier alpha value is -2.99. The SMILES string of the molecule is Cc1nn(-c2ccccc2)c(Cl)c1C(=O)N(C)Cc1ccc2c(c1)OCCO2. The van der Waals surface area contributed by atoms with E-state index in [0.717, 1.165) is 17.0 Å². The Morgan fingerprint density at radius 2 is 1.86 bits per heavy atom. The quantitative estimate of drug-likeness (QED) is 0.670. The number of halogens is 1. The largest absolute Gasteiger partial charge is 0.486 e. The van der Waals surface area contributed by atoms with Crippen LogP contribution in [0.15, 0.2) is 48.5 Å². The van der Waals surface area contributed by atoms with E-state index < -0.39 is 0 Å². The first-order valence-electron chi connectivity index (χ1n) is 8.99. The minimum absolute atomic E-state index is 0.181. The Kier molecular flexibility index (Phi) is 4.96. The zero-order valence-corrected chi connectivity index (χ0v) is 16.4. The van der Waals surface area contributed by atoms with E-state index in [1.165, 1.54) is 0 Å². The number of ether oxygens (including phenoxy) is 2. The van der Waals surface area contributed by atoms with E-state index >= 15 is 0 Å². The number of aromatic nitrogens is 2. The standard InChI is InChI=1S/C21H20ClN3O3/c1-14-19(20(22)25(23-14)16-6-4-3-5-7-16)21(26)24(2)13-15-8-9-17-18(12-15)28-11-10-27-17/h3-9,12H,10-11,13H2,1-2H3. The van der Waals surface area contributed by atoms with E-state index in [-0.39, 0.29) is 5.91 Å². The highest BCUT2D eigenvalue weighted by Crippen LogP contribution is 2.31. The number of nitrogens with zero attached hydrogens (tertiary/aromatic N) is 3. The van der Waals surface area contributed by atoms with Gasteiger partial charge < -0.3 is 14.4 Å². The highest BCUT2D eigenvalue weighted by molar-refractivity contribution is 6.33. The van der Waals surface area contributed by atoms with Crippen LogP contribution in [0.4, 0.5) is 0 Å². The molecule has 0 radical (unpaired) electrons. The van der Waals surface area contributed by atoms with E-state index in [1.54, 1.807) is 23.6 Å². The van der Waals surface area contributed by atoms with Crippen molar-refractivity contribution >= 4 is 17.5 Å². The van der Waals surface area contributed by atoms with Crippen LogP contribution in [-0.2, 0) is 6.54 Å². The number of rotatable bonds is 4. The molecule has 3 aromatic rings. The first kappa shape index (κ1) is 18.4. The van der Waals surface area contributed by atoms with E-state index in [4.69, 9.17) is 21.1 Å². The van der Waals surface area contributed by atoms with Gasteiger partial charge in [-0.15, -0.1) is 0 Å². The van der Waals surface area contributed by atoms with Crippen LogP contribution in [0.3, 0.4) is 0 Å². The molecule has 7 heteroatoms. The van der Waals surface area contributed by atoms with Crippen molar-refractivity contribution in [1.82, 2.24) is 14.7 Å². The minimum atomic E-state index is -0.181. The maximum atomic E-state index is 13.1. The normalized spacial score (nSPS) is 12.7. The number of carbonyl (C=O) groups excluding carboxylic acids is 1. The fourth-order valence-electron chi connectivity index (χ4n) is 3.20. The molecule has 6 nitrogen and oxygen atoms in total. The van der Waals surface area contributed by atoms with Gasteiger partial charge in [-0.1, -0.05) is 35.9 Å². The lowest BCUT2D eigenvalue weighted by atomic mass is 10.1. The van der Waals surface area contributed by atoms with Crippen molar-refractivity contribution in [3.8, 4) is 17.2 Å². The summed E-state index contributed by atoms with van der Waals surface area (Å²) in [6.45, 7) is 3.28. The molecular weight excluding hydrogens is 378 g/mol. The average molecular weight is 398 g/mol. The zero-order chi connectivity index (χ0) is 19.7. The van der Waals surface area contributed by atoms with Crippen molar-refractivity contribution in [3.05, 3.63) is 70.5 Å². The number of amides is 1. The number of aryl methyl sites for hydroxylation is 1. The van der Waals surface area contributed by atoms with Crippen molar-refractivity contribution in [2.75, 3.05) is 20.3 Å². The van der Waals surface area contributed by atoms with Crippen LogP contribution in [0.1, 0.15) is 21.6 Å². The first-order valence-corrected chi connectivity index (χ1v) is 9.37. The second-order valence-electron chi connectivity index (χ2n) is 6.64. The van der Waals surface area contributed by atoms with Gasteiger partial charge in [0.15, 0.2) is 11.5 Å². The molecule has 28 heavy (non-hydrogen) atoms. The van der Waals surface area contributed by atoms with E-state index in [1.807, 2.05) is 48.5 Å². The fourth-order valence-corrected chi connectivity index (χ4v) is 3.56. The lowest BCUT2D eigenvalue weighted by Gasteiger charge is -2.21. The summed E-state index contributed by atoms with van der Waals surface area (Å²) in [5.41, 5.74) is 2.76. The van der Waals surface area contributed by atoms with Crippen LogP contribution in [0.5, 0.6) is 11.5 Å². The molecule has 0 saturated carbocycles. The molecule has 2 aromatic carbocycles. The fraction of sp³-hybridized carbons (Fsp3) is 0.238. The van der Waals surface area contributed by atoms with Crippen LogP contribution < -0.4 is 9.47 Å². The zero-order valence-electron chi connectivity index (χ0n) is 15.7. The summed E-state index contributed by atoms with van der Waals surface area (Å²) in [5, 5.41) is 4.76. The smallest absolute Gasteiger partial charge is 0.258 e. The highest BCUT2D eigenvalue weighted by atomic mass is 35.5. The molecule has 0 bridgehead atoms. The Morgan fingerprint density at radius 1 is 1.14 bits per heavy atom. The number of fused-ring (bicyclic) bond motifs is 1. The topological polar surface area (TPSA) is 56.6 Å². The van der Waals surface area contributed by atoms with Crippen molar-refractivity contribution < 1.29 is 14.3 Å². The lowest BCUT2D eigenvalue weighted by Crippen LogP contribution is -2.27. The number of hydrogen-bond donors (Lipinski definition) is 0. The van der Waals surface area contributed by atoms with Gasteiger partial charge >= 0.3 is 0 Å². The summed E-state index contributed by atoms with van der Waals surface area (Å²) in [4.78, 5) is 14.7. The van der Waals surface area contributed by atoms with Gasteiger partial charge in [-0.05, 0) is 36.8 Å². The van der Waals surface area contributed by atoms with E-state index in [9.17, 15) is 4.79 Å². The van der Waals surface area contributed by atoms with E-state index in [2.05, 4.69) is 5.10 Å². The number of para-hydroxylation sites is 1. The molecule has 0 fully saturated rings. The summed E-state index contributed by atoms with van der Waals surface area (Å²) in [6, 6.07) is 15.2. The summed E-state index contributed by atoms with van der Waals surface area (Å²) < 4.78 is 12.7. The van der Waals surface area contributed by atoms with Crippen molar-refractivity contribution in [2.24, 2.45) is 0 Å². The molecule has 0 spiro atoms. The molecule has 144 valence electrons. The predicted molar refractivity (Wildman–Crippen MR) is 107 cm³/mol. The summed E-state index contributed by atoms with van der Waals surface area (Å²) in [7, 11) is 1.74. The second-order valence-corrected chi connectivity index (χ2v) is 7.00. The van der Waals surface area contributed by atoms with E-state index in [0.29, 0.717) is 41.9 Å². The first-order chi connectivity index (χ1) is 13.5. The highest BCUT2D eigenvalue weighted by Gasteiger charge is 2.24. The molecule has 1 aliphatic heterocycles. The molecule has 1 aliphatic rings. The predicted octanol–water partition coefficient (Wildman–Crippen LogP) is 3.88. The third-order valence-electron chi connectivity index (χ3n) is 4.59. The molecule has 0 saturated heterocycles. The maximum Gasteiger partial charge on any atom is 0.258 e. The van der Waals surface area contributed by atoms with Gasteiger partial charge in [-0.3, -0.25) is 4.79 Å². The molecule has 1 amide bonds. The molecule has 0 N–H and O–H groups in total. The number of benzene rings is 2. The Labute approximate surface area is 168 Å². The molecule has 0 atom stereocenters. The molecule has 1 aromatic heterocycles. The van der Waals surface area contributed by atoms with Crippen LogP contribution in [0.25, 0.3) is 5.69 Å². The third kappa shape index (κ3) is 3.43. The Bertz CT molecular complexity index is 1020. The van der Waals surface area contributed by atoms with Crippen LogP contribution in [-0.4, -0.2) is 40.8 Å². The molecule has 2 heterocycles. The average Bonchev–Trinajstić information content (AvgIpc) is 3.02. The van der Waals surface area contributed by atoms with Crippen LogP contribution >= 0.6 is 11.6 Å². The van der Waals surface area contributed by atoms with Gasteiger partial charge in [-0.25, -0.2) is 4.68 Å². The van der Waals surface area contributed by atoms with Gasteiger partial charge in [-0.2, -0.15) is 5.10 Å². The molecule has 0 unspecified atom stereocenters. The van der Waals surface area contributed by atoms with Gasteiger partial charge in [0.2, 0.25) is 0 Å². The number of hydrogen-bond acceptors (Lipinski definition) is 4. The lowest BCUT2D eigenvalue weighted by molar-refractivity contribution is 0.0784. The van der Waals surface area contributed by atoms with Crippen molar-refractivity contribution in [2.45, 2.75) is 13.5 Å². The maximum absolute atomic E-state index is 13.1. The molecule has 0 aliphatic carbocycles. The minimum Gasteiger partial charge on any atom is -0.486 e. The Balaban J connectivity index is 1.57. The summed E-state index contributed by atoms with van der Waals surface area (Å²) in [5.74, 6) is 1.25. The van der Waals surface area contributed by atoms with Gasteiger partial charge in [0.05, 0.1) is 16.9 Å². The van der Waals surface area contributed by atoms with Gasteiger partial charge in [0.25, 0.3) is 5.91 Å². The van der Waals surface area contributed by atoms with Crippen molar-refractivity contribution in [1.29, 1.82) is 0 Å². The second kappa shape index (κ2) is 7.56. The van der Waals surface area contributed by atoms with Crippen molar-refractivity contribution in [3.63, 3.8) is 0 Å². The third-order valence-corrected chi connectivity index (χ3v) is 4.94. The van der Waals surface area contributed by atoms with Gasteiger partial charge in [0, 0.05) is 13.6 Å². The monoisotopic (exact) mass is 397 g/mol. The number of carbonyl (C=O) groups is 1.